The summed E-state index contributed by atoms with van der Waals surface area (Å²) in [5.41, 5.74) is 0. The Morgan fingerprint density at radius 3 is 2.75 bits per heavy atom. The van der Waals surface area contributed by atoms with Crippen LogP contribution in [0.3, 0.4) is 0 Å². The van der Waals surface area contributed by atoms with Crippen LogP contribution >= 0.6 is 12.4 Å². The SMILES string of the molecule is CNCCCC(=O)NC1CC(=O)N(C)C1.Cl. The Bertz CT molecular complexity index is 248. The van der Waals surface area contributed by atoms with Crippen LogP contribution in [0.4, 0.5) is 0 Å². The molecule has 0 spiro atoms. The van der Waals surface area contributed by atoms with Gasteiger partial charge in [-0.05, 0) is 20.0 Å². The second-order valence-corrected chi connectivity index (χ2v) is 3.95. The monoisotopic (exact) mass is 249 g/mol. The van der Waals surface area contributed by atoms with Gasteiger partial charge in [0.05, 0.1) is 6.04 Å². The standard InChI is InChI=1S/C10H19N3O2.ClH/c1-11-5-3-4-9(14)12-8-6-10(15)13(2)7-8;/h8,11H,3-7H2,1-2H3,(H,12,14);1H. The lowest BCUT2D eigenvalue weighted by molar-refractivity contribution is -0.126. The Labute approximate surface area is 102 Å². The van der Waals surface area contributed by atoms with Gasteiger partial charge >= 0.3 is 0 Å². The zero-order valence-corrected chi connectivity index (χ0v) is 10.6. The number of amides is 2. The molecule has 1 aliphatic heterocycles. The Morgan fingerprint density at radius 2 is 2.25 bits per heavy atom. The summed E-state index contributed by atoms with van der Waals surface area (Å²) in [6.07, 6.45) is 1.79. The van der Waals surface area contributed by atoms with Crippen molar-refractivity contribution in [3.63, 3.8) is 0 Å². The van der Waals surface area contributed by atoms with Crippen molar-refractivity contribution >= 4 is 24.2 Å². The molecule has 0 bridgehead atoms. The minimum Gasteiger partial charge on any atom is -0.351 e. The summed E-state index contributed by atoms with van der Waals surface area (Å²) in [4.78, 5) is 24.3. The summed E-state index contributed by atoms with van der Waals surface area (Å²) in [5.74, 6) is 0.147. The molecule has 16 heavy (non-hydrogen) atoms. The highest BCUT2D eigenvalue weighted by molar-refractivity contribution is 5.85. The summed E-state index contributed by atoms with van der Waals surface area (Å²) in [6, 6.07) is 0.00425. The van der Waals surface area contributed by atoms with Crippen molar-refractivity contribution in [1.82, 2.24) is 15.5 Å². The van der Waals surface area contributed by atoms with E-state index in [0.29, 0.717) is 19.4 Å². The maximum Gasteiger partial charge on any atom is 0.224 e. The van der Waals surface area contributed by atoms with Crippen LogP contribution in [0.15, 0.2) is 0 Å². The van der Waals surface area contributed by atoms with Crippen LogP contribution < -0.4 is 10.6 Å². The number of nitrogens with zero attached hydrogens (tertiary/aromatic N) is 1. The number of carbonyl (C=O) groups is 2. The average molecular weight is 250 g/mol. The van der Waals surface area contributed by atoms with Crippen molar-refractivity contribution in [2.75, 3.05) is 27.2 Å². The first kappa shape index (κ1) is 15.2. The van der Waals surface area contributed by atoms with Gasteiger partial charge in [-0.3, -0.25) is 9.59 Å². The quantitative estimate of drug-likeness (QED) is 0.661. The Hall–Kier alpha value is -0.810. The fourth-order valence-corrected chi connectivity index (χ4v) is 1.69. The van der Waals surface area contributed by atoms with Gasteiger partial charge < -0.3 is 15.5 Å². The van der Waals surface area contributed by atoms with Crippen LogP contribution in [-0.2, 0) is 9.59 Å². The van der Waals surface area contributed by atoms with Gasteiger partial charge in [0.25, 0.3) is 0 Å². The largest absolute Gasteiger partial charge is 0.351 e. The Kier molecular flexibility index (Phi) is 7.08. The minimum atomic E-state index is 0. The molecular weight excluding hydrogens is 230 g/mol. The Balaban J connectivity index is 0.00000225. The fraction of sp³-hybridized carbons (Fsp3) is 0.800. The molecule has 0 aromatic rings. The predicted octanol–water partition coefficient (Wildman–Crippen LogP) is -0.245. The number of rotatable bonds is 5. The van der Waals surface area contributed by atoms with E-state index in [9.17, 15) is 9.59 Å². The van der Waals surface area contributed by atoms with E-state index in [0.717, 1.165) is 13.0 Å². The first-order valence-corrected chi connectivity index (χ1v) is 5.31. The third kappa shape index (κ3) is 4.81. The van der Waals surface area contributed by atoms with Crippen LogP contribution in [0.25, 0.3) is 0 Å². The summed E-state index contributed by atoms with van der Waals surface area (Å²) >= 11 is 0. The highest BCUT2D eigenvalue weighted by Crippen LogP contribution is 2.08. The molecular formula is C10H20ClN3O2. The molecule has 0 saturated carbocycles. The normalized spacial score (nSPS) is 19.5. The van der Waals surface area contributed by atoms with E-state index in [1.165, 1.54) is 0 Å². The molecule has 1 fully saturated rings. The first-order chi connectivity index (χ1) is 7.13. The molecule has 0 aliphatic carbocycles. The molecule has 2 amide bonds. The summed E-state index contributed by atoms with van der Waals surface area (Å²) in [5, 5.41) is 5.86. The van der Waals surface area contributed by atoms with Gasteiger partial charge in [0.15, 0.2) is 0 Å². The molecule has 0 aromatic carbocycles. The highest BCUT2D eigenvalue weighted by atomic mass is 35.5. The van der Waals surface area contributed by atoms with E-state index in [4.69, 9.17) is 0 Å². The van der Waals surface area contributed by atoms with Crippen molar-refractivity contribution in [3.8, 4) is 0 Å². The zero-order valence-electron chi connectivity index (χ0n) is 9.78. The predicted molar refractivity (Wildman–Crippen MR) is 64.6 cm³/mol. The molecule has 5 nitrogen and oxygen atoms in total. The van der Waals surface area contributed by atoms with Gasteiger partial charge in [-0.25, -0.2) is 0 Å². The van der Waals surface area contributed by atoms with Gasteiger partial charge in [0, 0.05) is 26.4 Å². The highest BCUT2D eigenvalue weighted by Gasteiger charge is 2.27. The smallest absolute Gasteiger partial charge is 0.224 e. The molecule has 1 saturated heterocycles. The number of likely N-dealkylation sites (tertiary alicyclic amines) is 1. The number of hydrogen-bond acceptors (Lipinski definition) is 3. The minimum absolute atomic E-state index is 0. The summed E-state index contributed by atoms with van der Waals surface area (Å²) < 4.78 is 0. The van der Waals surface area contributed by atoms with Crippen LogP contribution in [0.1, 0.15) is 19.3 Å². The van der Waals surface area contributed by atoms with E-state index in [1.807, 2.05) is 7.05 Å². The van der Waals surface area contributed by atoms with Gasteiger partial charge in [-0.15, -0.1) is 12.4 Å². The topological polar surface area (TPSA) is 61.4 Å². The molecule has 0 radical (unpaired) electrons. The maximum absolute atomic E-state index is 11.4. The average Bonchev–Trinajstić information content (AvgIpc) is 2.46. The second kappa shape index (κ2) is 7.46. The number of nitrogens with one attached hydrogen (secondary N) is 2. The lowest BCUT2D eigenvalue weighted by Crippen LogP contribution is -2.36. The van der Waals surface area contributed by atoms with Crippen molar-refractivity contribution < 1.29 is 9.59 Å². The summed E-state index contributed by atoms with van der Waals surface area (Å²) in [7, 11) is 3.62. The number of likely N-dealkylation sites (N-methyl/N-ethyl adjacent to an activating group) is 1. The van der Waals surface area contributed by atoms with E-state index < -0.39 is 0 Å². The van der Waals surface area contributed by atoms with Gasteiger partial charge in [-0.1, -0.05) is 0 Å². The number of carbonyl (C=O) groups excluding carboxylic acids is 2. The second-order valence-electron chi connectivity index (χ2n) is 3.95. The number of hydrogen-bond donors (Lipinski definition) is 2. The number of halogens is 1. The lowest BCUT2D eigenvalue weighted by Gasteiger charge is -2.12. The molecule has 1 heterocycles. The lowest BCUT2D eigenvalue weighted by atomic mass is 10.2. The van der Waals surface area contributed by atoms with Crippen molar-refractivity contribution in [2.45, 2.75) is 25.3 Å². The molecule has 1 rings (SSSR count). The van der Waals surface area contributed by atoms with Gasteiger partial charge in [0.1, 0.15) is 0 Å². The molecule has 2 N–H and O–H groups in total. The van der Waals surface area contributed by atoms with Crippen molar-refractivity contribution in [3.05, 3.63) is 0 Å². The summed E-state index contributed by atoms with van der Waals surface area (Å²) in [6.45, 7) is 1.48. The molecule has 0 aromatic heterocycles. The molecule has 6 heteroatoms. The van der Waals surface area contributed by atoms with Crippen LogP contribution in [-0.4, -0.2) is 49.9 Å². The van der Waals surface area contributed by atoms with Gasteiger partial charge in [-0.2, -0.15) is 0 Å². The fourth-order valence-electron chi connectivity index (χ4n) is 1.69. The van der Waals surface area contributed by atoms with E-state index >= 15 is 0 Å². The molecule has 1 atom stereocenters. The Morgan fingerprint density at radius 1 is 1.56 bits per heavy atom. The third-order valence-electron chi connectivity index (χ3n) is 2.54. The third-order valence-corrected chi connectivity index (χ3v) is 2.54. The zero-order chi connectivity index (χ0) is 11.3. The van der Waals surface area contributed by atoms with E-state index in [2.05, 4.69) is 10.6 Å². The molecule has 94 valence electrons. The first-order valence-electron chi connectivity index (χ1n) is 5.31. The van der Waals surface area contributed by atoms with E-state index in [1.54, 1.807) is 11.9 Å². The van der Waals surface area contributed by atoms with Crippen LogP contribution in [0.2, 0.25) is 0 Å². The maximum atomic E-state index is 11.4. The van der Waals surface area contributed by atoms with Gasteiger partial charge in [0.2, 0.25) is 11.8 Å². The van der Waals surface area contributed by atoms with Crippen LogP contribution in [0, 0.1) is 0 Å². The van der Waals surface area contributed by atoms with Crippen LogP contribution in [0.5, 0.6) is 0 Å². The molecule has 1 aliphatic rings. The van der Waals surface area contributed by atoms with Crippen molar-refractivity contribution in [1.29, 1.82) is 0 Å². The molecule has 1 unspecified atom stereocenters. The van der Waals surface area contributed by atoms with E-state index in [-0.39, 0.29) is 30.3 Å². The van der Waals surface area contributed by atoms with Crippen molar-refractivity contribution in [2.24, 2.45) is 0 Å².